The van der Waals surface area contributed by atoms with Gasteiger partial charge in [0.15, 0.2) is 0 Å². The molecule has 1 fully saturated rings. The van der Waals surface area contributed by atoms with Crippen molar-refractivity contribution in [2.24, 2.45) is 0 Å². The molecule has 128 valence electrons. The normalized spacial score (nSPS) is 16.9. The molecule has 1 saturated heterocycles. The van der Waals surface area contributed by atoms with Gasteiger partial charge in [0.1, 0.15) is 11.9 Å². The van der Waals surface area contributed by atoms with Crippen LogP contribution in [0.5, 0.6) is 5.88 Å². The lowest BCUT2D eigenvalue weighted by atomic mass is 10.1. The maximum atomic E-state index is 13.0. The molecule has 0 unspecified atom stereocenters. The van der Waals surface area contributed by atoms with Crippen LogP contribution >= 0.6 is 0 Å². The average Bonchev–Trinajstić information content (AvgIpc) is 2.58. The maximum Gasteiger partial charge on any atom is 0.243 e. The number of sulfonamides is 1. The molecule has 2 aromatic rings. The minimum atomic E-state index is -3.60. The van der Waals surface area contributed by atoms with Gasteiger partial charge in [-0.25, -0.2) is 12.8 Å². The van der Waals surface area contributed by atoms with E-state index in [1.54, 1.807) is 6.07 Å². The SMILES string of the molecule is Cc1ccc(OC2CCN(S(=O)(=O)c3ccc(F)cc3)CC2)nn1. The van der Waals surface area contributed by atoms with Crippen LogP contribution in [-0.2, 0) is 10.0 Å². The van der Waals surface area contributed by atoms with Crippen LogP contribution in [0, 0.1) is 12.7 Å². The van der Waals surface area contributed by atoms with E-state index >= 15 is 0 Å². The van der Waals surface area contributed by atoms with Gasteiger partial charge in [0.25, 0.3) is 0 Å². The fourth-order valence-electron chi connectivity index (χ4n) is 2.57. The predicted octanol–water partition coefficient (Wildman–Crippen LogP) is 2.16. The molecule has 6 nitrogen and oxygen atoms in total. The van der Waals surface area contributed by atoms with Crippen molar-refractivity contribution in [3.05, 3.63) is 47.9 Å². The molecule has 0 aliphatic carbocycles. The molecule has 0 radical (unpaired) electrons. The number of halogens is 1. The van der Waals surface area contributed by atoms with Crippen LogP contribution in [0.25, 0.3) is 0 Å². The van der Waals surface area contributed by atoms with Crippen molar-refractivity contribution in [2.45, 2.75) is 30.8 Å². The fraction of sp³-hybridized carbons (Fsp3) is 0.375. The first kappa shape index (κ1) is 16.8. The van der Waals surface area contributed by atoms with Crippen molar-refractivity contribution in [1.29, 1.82) is 0 Å². The van der Waals surface area contributed by atoms with Crippen LogP contribution < -0.4 is 4.74 Å². The molecule has 1 aliphatic rings. The monoisotopic (exact) mass is 351 g/mol. The van der Waals surface area contributed by atoms with Crippen molar-refractivity contribution in [1.82, 2.24) is 14.5 Å². The molecule has 0 saturated carbocycles. The molecule has 24 heavy (non-hydrogen) atoms. The van der Waals surface area contributed by atoms with E-state index in [0.717, 1.165) is 17.8 Å². The van der Waals surface area contributed by atoms with Crippen LogP contribution in [0.3, 0.4) is 0 Å². The molecule has 1 aromatic heterocycles. The van der Waals surface area contributed by atoms with Crippen LogP contribution in [0.4, 0.5) is 4.39 Å². The van der Waals surface area contributed by atoms with Crippen LogP contribution in [0.15, 0.2) is 41.3 Å². The van der Waals surface area contributed by atoms with Crippen molar-refractivity contribution < 1.29 is 17.5 Å². The van der Waals surface area contributed by atoms with Gasteiger partial charge >= 0.3 is 0 Å². The Labute approximate surface area is 140 Å². The summed E-state index contributed by atoms with van der Waals surface area (Å²) in [5.41, 5.74) is 0.808. The number of hydrogen-bond donors (Lipinski definition) is 0. The minimum Gasteiger partial charge on any atom is -0.473 e. The molecule has 0 atom stereocenters. The van der Waals surface area contributed by atoms with Gasteiger partial charge in [-0.2, -0.15) is 9.40 Å². The molecular formula is C16H18FN3O3S. The zero-order valence-corrected chi connectivity index (χ0v) is 14.0. The number of nitrogens with zero attached hydrogens (tertiary/aromatic N) is 3. The van der Waals surface area contributed by atoms with Gasteiger partial charge in [-0.15, -0.1) is 5.10 Å². The second-order valence-corrected chi connectivity index (χ2v) is 7.63. The molecule has 0 N–H and O–H groups in total. The highest BCUT2D eigenvalue weighted by Gasteiger charge is 2.30. The Bertz CT molecular complexity index is 786. The fourth-order valence-corrected chi connectivity index (χ4v) is 4.04. The Morgan fingerprint density at radius 2 is 1.75 bits per heavy atom. The third-order valence-electron chi connectivity index (χ3n) is 3.91. The lowest BCUT2D eigenvalue weighted by Gasteiger charge is -2.31. The number of aryl methyl sites for hydroxylation is 1. The number of aromatic nitrogens is 2. The Balaban J connectivity index is 1.62. The van der Waals surface area contributed by atoms with E-state index in [2.05, 4.69) is 10.2 Å². The molecule has 8 heteroatoms. The van der Waals surface area contributed by atoms with Gasteiger partial charge in [-0.3, -0.25) is 0 Å². The van der Waals surface area contributed by atoms with E-state index in [0.29, 0.717) is 31.8 Å². The Morgan fingerprint density at radius 3 is 2.33 bits per heavy atom. The highest BCUT2D eigenvalue weighted by atomic mass is 32.2. The van der Waals surface area contributed by atoms with E-state index in [-0.39, 0.29) is 11.0 Å². The largest absolute Gasteiger partial charge is 0.473 e. The summed E-state index contributed by atoms with van der Waals surface area (Å²) in [6, 6.07) is 8.45. The smallest absolute Gasteiger partial charge is 0.243 e. The Hall–Kier alpha value is -2.06. The summed E-state index contributed by atoms with van der Waals surface area (Å²) in [5, 5.41) is 7.89. The molecule has 1 aliphatic heterocycles. The van der Waals surface area contributed by atoms with Gasteiger partial charge in [0.05, 0.1) is 10.6 Å². The number of benzene rings is 1. The van der Waals surface area contributed by atoms with E-state index in [1.807, 2.05) is 13.0 Å². The van der Waals surface area contributed by atoms with Gasteiger partial charge in [0, 0.05) is 19.2 Å². The molecule has 0 spiro atoms. The van der Waals surface area contributed by atoms with E-state index < -0.39 is 15.8 Å². The Kier molecular flexibility index (Phi) is 4.77. The number of ether oxygens (including phenoxy) is 1. The topological polar surface area (TPSA) is 72.4 Å². The highest BCUT2D eigenvalue weighted by Crippen LogP contribution is 2.23. The van der Waals surface area contributed by atoms with Crippen molar-refractivity contribution in [3.8, 4) is 5.88 Å². The number of piperidine rings is 1. The van der Waals surface area contributed by atoms with Crippen molar-refractivity contribution in [2.75, 3.05) is 13.1 Å². The van der Waals surface area contributed by atoms with Crippen LogP contribution in [-0.4, -0.2) is 42.1 Å². The minimum absolute atomic E-state index is 0.0957. The summed E-state index contributed by atoms with van der Waals surface area (Å²) in [6.45, 7) is 2.54. The average molecular weight is 351 g/mol. The lowest BCUT2D eigenvalue weighted by molar-refractivity contribution is 0.128. The zero-order chi connectivity index (χ0) is 17.2. The molecule has 3 rings (SSSR count). The number of rotatable bonds is 4. The maximum absolute atomic E-state index is 13.0. The van der Waals surface area contributed by atoms with Gasteiger partial charge < -0.3 is 4.74 Å². The van der Waals surface area contributed by atoms with Crippen LogP contribution in [0.1, 0.15) is 18.5 Å². The second-order valence-electron chi connectivity index (χ2n) is 5.69. The quantitative estimate of drug-likeness (QED) is 0.844. The first-order chi connectivity index (χ1) is 11.4. The van der Waals surface area contributed by atoms with Gasteiger partial charge in [-0.05, 0) is 50.1 Å². The molecule has 1 aromatic carbocycles. The van der Waals surface area contributed by atoms with Crippen molar-refractivity contribution in [3.63, 3.8) is 0 Å². The molecule has 0 bridgehead atoms. The van der Waals surface area contributed by atoms with Gasteiger partial charge in [-0.1, -0.05) is 0 Å². The highest BCUT2D eigenvalue weighted by molar-refractivity contribution is 7.89. The lowest BCUT2D eigenvalue weighted by Crippen LogP contribution is -2.41. The van der Waals surface area contributed by atoms with E-state index in [1.165, 1.54) is 16.4 Å². The molecule has 0 amide bonds. The summed E-state index contributed by atoms with van der Waals surface area (Å²) in [7, 11) is -3.60. The zero-order valence-electron chi connectivity index (χ0n) is 13.2. The van der Waals surface area contributed by atoms with Crippen molar-refractivity contribution >= 4 is 10.0 Å². The predicted molar refractivity (Wildman–Crippen MR) is 85.6 cm³/mol. The van der Waals surface area contributed by atoms with E-state index in [4.69, 9.17) is 4.74 Å². The molecular weight excluding hydrogens is 333 g/mol. The first-order valence-electron chi connectivity index (χ1n) is 7.68. The summed E-state index contributed by atoms with van der Waals surface area (Å²) in [6.07, 6.45) is 1.04. The number of hydrogen-bond acceptors (Lipinski definition) is 5. The second kappa shape index (κ2) is 6.82. The van der Waals surface area contributed by atoms with Gasteiger partial charge in [0.2, 0.25) is 15.9 Å². The third kappa shape index (κ3) is 3.70. The first-order valence-corrected chi connectivity index (χ1v) is 9.12. The standard InChI is InChI=1S/C16H18FN3O3S/c1-12-2-7-16(19-18-12)23-14-8-10-20(11-9-14)24(21,22)15-5-3-13(17)4-6-15/h2-7,14H,8-11H2,1H3. The Morgan fingerprint density at radius 1 is 1.08 bits per heavy atom. The third-order valence-corrected chi connectivity index (χ3v) is 5.83. The summed E-state index contributed by atoms with van der Waals surface area (Å²) in [5.74, 6) is -0.0132. The van der Waals surface area contributed by atoms with E-state index in [9.17, 15) is 12.8 Å². The summed E-state index contributed by atoms with van der Waals surface area (Å²) >= 11 is 0. The molecule has 2 heterocycles. The summed E-state index contributed by atoms with van der Waals surface area (Å²) in [4.78, 5) is 0.104. The van der Waals surface area contributed by atoms with Crippen LogP contribution in [0.2, 0.25) is 0 Å². The summed E-state index contributed by atoms with van der Waals surface area (Å²) < 4.78 is 45.2.